The molecule has 0 atom stereocenters. The summed E-state index contributed by atoms with van der Waals surface area (Å²) in [6.45, 7) is -0.451. The van der Waals surface area contributed by atoms with E-state index in [0.717, 1.165) is 40.6 Å². The van der Waals surface area contributed by atoms with Gasteiger partial charge < -0.3 is 21.7 Å². The van der Waals surface area contributed by atoms with Gasteiger partial charge in [0.2, 0.25) is 5.91 Å². The first-order chi connectivity index (χ1) is 24.8. The number of aliphatic hydroxyl groups is 1. The predicted octanol–water partition coefficient (Wildman–Crippen LogP) is 5.64. The molecule has 18 heteroatoms. The lowest BCUT2D eigenvalue weighted by Crippen LogP contribution is -2.26. The van der Waals surface area contributed by atoms with Gasteiger partial charge in [0.15, 0.2) is 6.29 Å². The number of nitrogens with two attached hydrogens (primary N) is 4. The third-order valence-electron chi connectivity index (χ3n) is 8.17. The fourth-order valence-corrected chi connectivity index (χ4v) is 5.62. The van der Waals surface area contributed by atoms with Crippen LogP contribution in [0, 0.1) is 0 Å². The molecule has 0 spiro atoms. The number of fused-ring (bicyclic) bond motifs is 3. The van der Waals surface area contributed by atoms with Crippen molar-refractivity contribution in [2.24, 2.45) is 23.2 Å². The van der Waals surface area contributed by atoms with E-state index in [2.05, 4.69) is 0 Å². The van der Waals surface area contributed by atoms with Crippen molar-refractivity contribution in [3.63, 3.8) is 0 Å². The summed E-state index contributed by atoms with van der Waals surface area (Å²) in [4.78, 5) is 35.6. The van der Waals surface area contributed by atoms with Crippen LogP contribution in [-0.2, 0) is 12.4 Å². The van der Waals surface area contributed by atoms with Crippen molar-refractivity contribution >= 4 is 62.7 Å². The Morgan fingerprint density at radius 2 is 1.19 bits per heavy atom. The molecule has 0 amide bonds. The molecule has 0 saturated heterocycles. The molecule has 12 nitrogen and oxygen atoms in total. The van der Waals surface area contributed by atoms with E-state index in [4.69, 9.17) is 23.2 Å². The SMILES string of the molecule is N/C(=C\N(N)c1ccc(C=O)c(C(F)(F)F)c1)c1ccc2c(c1)c1cc(/C(N)=C/N(N)c3ccc(C(=O)O)c(C(F)(F)F)c3)ccc1n2C(=O)CCO. The van der Waals surface area contributed by atoms with Crippen LogP contribution in [0.2, 0.25) is 0 Å². The molecule has 0 bridgehead atoms. The van der Waals surface area contributed by atoms with Crippen LogP contribution in [0.4, 0.5) is 37.7 Å². The number of carboxylic acids is 1. The Kier molecular flexibility index (Phi) is 10.2. The topological polar surface area (TPSA) is 207 Å². The molecule has 0 aliphatic rings. The number of anilines is 2. The summed E-state index contributed by atoms with van der Waals surface area (Å²) in [7, 11) is 0. The fourth-order valence-electron chi connectivity index (χ4n) is 5.62. The van der Waals surface area contributed by atoms with Crippen LogP contribution in [0.5, 0.6) is 0 Å². The number of benzene rings is 4. The molecule has 0 fully saturated rings. The molecular weight excluding hydrogens is 712 g/mol. The minimum Gasteiger partial charge on any atom is -0.478 e. The normalized spacial score (nSPS) is 12.7. The van der Waals surface area contributed by atoms with Crippen molar-refractivity contribution < 1.29 is 50.9 Å². The van der Waals surface area contributed by atoms with E-state index in [1.165, 1.54) is 22.8 Å². The molecule has 0 saturated carbocycles. The number of hydrogen-bond acceptors (Lipinski definition) is 10. The molecule has 4 aromatic carbocycles. The van der Waals surface area contributed by atoms with Gasteiger partial charge in [0.25, 0.3) is 0 Å². The van der Waals surface area contributed by atoms with Gasteiger partial charge in [0, 0.05) is 28.7 Å². The number of aromatic carboxylic acids is 1. The van der Waals surface area contributed by atoms with Crippen molar-refractivity contribution in [2.75, 3.05) is 16.6 Å². The molecule has 0 aliphatic heterocycles. The van der Waals surface area contributed by atoms with Gasteiger partial charge >= 0.3 is 18.3 Å². The van der Waals surface area contributed by atoms with Crippen molar-refractivity contribution in [1.82, 2.24) is 4.57 Å². The van der Waals surface area contributed by atoms with Gasteiger partial charge in [0.05, 0.1) is 63.5 Å². The second-order valence-corrected chi connectivity index (χ2v) is 11.6. The molecule has 10 N–H and O–H groups in total. The molecule has 0 radical (unpaired) electrons. The number of aldehydes is 1. The number of carbonyl (C=O) groups excluding carboxylic acids is 2. The lowest BCUT2D eigenvalue weighted by molar-refractivity contribution is -0.138. The minimum atomic E-state index is -4.99. The zero-order chi connectivity index (χ0) is 39.0. The van der Waals surface area contributed by atoms with Crippen LogP contribution in [-0.4, -0.2) is 39.5 Å². The van der Waals surface area contributed by atoms with Gasteiger partial charge in [-0.2, -0.15) is 26.3 Å². The standard InChI is InChI=1S/C35H29F6N7O5/c36-34(37,38)26-13-21(4-1-20(26)17-50)46(44)15-28(42)18-2-7-30-24(11-18)25-12-19(3-8-31(25)48(30)32(51)9-10-49)29(43)16-47(45)22-5-6-23(33(52)53)27(14-22)35(39,40)41/h1-8,11-17,49H,9-10,42-45H2,(H,52,53)/b28-15-,29-16-. The van der Waals surface area contributed by atoms with Crippen molar-refractivity contribution in [2.45, 2.75) is 18.8 Å². The molecule has 5 rings (SSSR count). The lowest BCUT2D eigenvalue weighted by atomic mass is 10.0. The summed E-state index contributed by atoms with van der Waals surface area (Å²) in [6, 6.07) is 14.6. The van der Waals surface area contributed by atoms with E-state index >= 15 is 0 Å². The van der Waals surface area contributed by atoms with E-state index < -0.39 is 53.1 Å². The van der Waals surface area contributed by atoms with Crippen LogP contribution in [0.1, 0.15) is 54.2 Å². The highest BCUT2D eigenvalue weighted by molar-refractivity contribution is 6.14. The van der Waals surface area contributed by atoms with Gasteiger partial charge in [-0.1, -0.05) is 12.1 Å². The maximum Gasteiger partial charge on any atom is 0.417 e. The Labute approximate surface area is 295 Å². The summed E-state index contributed by atoms with van der Waals surface area (Å²) >= 11 is 0. The van der Waals surface area contributed by atoms with E-state index in [1.54, 1.807) is 24.3 Å². The summed E-state index contributed by atoms with van der Waals surface area (Å²) in [5.74, 6) is 9.80. The Hall–Kier alpha value is -6.37. The van der Waals surface area contributed by atoms with Crippen LogP contribution in [0.3, 0.4) is 0 Å². The number of hydrazine groups is 2. The zero-order valence-corrected chi connectivity index (χ0v) is 27.1. The van der Waals surface area contributed by atoms with Crippen molar-refractivity contribution in [3.05, 3.63) is 119 Å². The minimum absolute atomic E-state index is 0.00788. The number of rotatable bonds is 10. The zero-order valence-electron chi connectivity index (χ0n) is 27.1. The number of carbonyl (C=O) groups is 3. The maximum absolute atomic E-state index is 13.6. The van der Waals surface area contributed by atoms with Gasteiger partial charge in [-0.05, 0) is 71.8 Å². The number of aromatic nitrogens is 1. The Bertz CT molecular complexity index is 2330. The summed E-state index contributed by atoms with van der Waals surface area (Å²) in [5, 5.41) is 21.2. The van der Waals surface area contributed by atoms with Crippen molar-refractivity contribution in [3.8, 4) is 0 Å². The molecule has 1 aromatic heterocycles. The Balaban J connectivity index is 1.58. The molecular formula is C35H29F6N7O5. The Morgan fingerprint density at radius 3 is 1.62 bits per heavy atom. The third kappa shape index (κ3) is 7.64. The largest absolute Gasteiger partial charge is 0.478 e. The molecule has 0 unspecified atom stereocenters. The molecule has 1 heterocycles. The van der Waals surface area contributed by atoms with E-state index in [1.807, 2.05) is 0 Å². The van der Waals surface area contributed by atoms with Crippen LogP contribution >= 0.6 is 0 Å². The summed E-state index contributed by atoms with van der Waals surface area (Å²) in [5.41, 5.74) is 9.45. The molecule has 53 heavy (non-hydrogen) atoms. The van der Waals surface area contributed by atoms with E-state index in [-0.39, 0.29) is 35.5 Å². The van der Waals surface area contributed by atoms with Crippen LogP contribution in [0.25, 0.3) is 33.2 Å². The van der Waals surface area contributed by atoms with Gasteiger partial charge in [-0.15, -0.1) is 0 Å². The van der Waals surface area contributed by atoms with Gasteiger partial charge in [0.1, 0.15) is 0 Å². The highest BCUT2D eigenvalue weighted by Gasteiger charge is 2.36. The van der Waals surface area contributed by atoms with Gasteiger partial charge in [-0.3, -0.25) is 24.2 Å². The van der Waals surface area contributed by atoms with Crippen LogP contribution in [0.15, 0.2) is 85.2 Å². The molecule has 5 aromatic rings. The van der Waals surface area contributed by atoms with E-state index in [9.17, 15) is 50.9 Å². The third-order valence-corrected chi connectivity index (χ3v) is 8.17. The number of nitrogens with zero attached hydrogens (tertiary/aromatic N) is 3. The number of alkyl halides is 6. The number of aliphatic hydroxyl groups excluding tert-OH is 1. The maximum atomic E-state index is 13.6. The molecule has 276 valence electrons. The quantitative estimate of drug-likeness (QED) is 0.0447. The second-order valence-electron chi connectivity index (χ2n) is 11.6. The van der Waals surface area contributed by atoms with Crippen LogP contribution < -0.4 is 33.2 Å². The lowest BCUT2D eigenvalue weighted by Gasteiger charge is -2.18. The first-order valence-electron chi connectivity index (χ1n) is 15.2. The molecule has 0 aliphatic carbocycles. The first-order valence-corrected chi connectivity index (χ1v) is 15.2. The van der Waals surface area contributed by atoms with Crippen molar-refractivity contribution in [1.29, 1.82) is 0 Å². The fraction of sp³-hybridized carbons (Fsp3) is 0.114. The first kappa shape index (κ1) is 37.9. The second kappa shape index (κ2) is 14.3. The Morgan fingerprint density at radius 1 is 0.717 bits per heavy atom. The van der Waals surface area contributed by atoms with Gasteiger partial charge in [-0.25, -0.2) is 16.5 Å². The van der Waals surface area contributed by atoms with E-state index in [0.29, 0.717) is 45.1 Å². The summed E-state index contributed by atoms with van der Waals surface area (Å²) < 4.78 is 82.7. The predicted molar refractivity (Wildman–Crippen MR) is 185 cm³/mol. The smallest absolute Gasteiger partial charge is 0.417 e. The average Bonchev–Trinajstić information content (AvgIpc) is 3.43. The number of halogens is 6. The average molecular weight is 742 g/mol. The summed E-state index contributed by atoms with van der Waals surface area (Å²) in [6.07, 6.45) is -7.72. The highest BCUT2D eigenvalue weighted by Crippen LogP contribution is 2.37. The number of hydrogen-bond donors (Lipinski definition) is 6. The monoisotopic (exact) mass is 741 g/mol. The highest BCUT2D eigenvalue weighted by atomic mass is 19.4. The number of carboxylic acid groups (broad SMARTS) is 1.